The van der Waals surface area contributed by atoms with E-state index in [9.17, 15) is 14.4 Å². The van der Waals surface area contributed by atoms with Crippen LogP contribution in [0.2, 0.25) is 0 Å². The molecule has 8 heteroatoms. The molecule has 0 spiro atoms. The Hall–Kier alpha value is -3.16. The molecule has 152 valence electrons. The van der Waals surface area contributed by atoms with Crippen LogP contribution in [0.25, 0.3) is 21.8 Å². The van der Waals surface area contributed by atoms with E-state index in [2.05, 4.69) is 5.10 Å². The number of amides is 1. The maximum atomic E-state index is 13.0. The predicted molar refractivity (Wildman–Crippen MR) is 108 cm³/mol. The molecule has 0 N–H and O–H groups in total. The van der Waals surface area contributed by atoms with Gasteiger partial charge in [-0.1, -0.05) is 18.2 Å². The Kier molecular flexibility index (Phi) is 5.08. The topological polar surface area (TPSA) is 86.4 Å². The van der Waals surface area contributed by atoms with Crippen molar-refractivity contribution in [1.82, 2.24) is 19.2 Å². The number of esters is 1. The molecule has 2 aromatic heterocycles. The van der Waals surface area contributed by atoms with Gasteiger partial charge in [-0.15, -0.1) is 0 Å². The third-order valence-corrected chi connectivity index (χ3v) is 5.59. The van der Waals surface area contributed by atoms with Crippen molar-refractivity contribution in [3.8, 4) is 0 Å². The fraction of sp³-hybridized carbons (Fsp3) is 0.429. The summed E-state index contributed by atoms with van der Waals surface area (Å²) in [7, 11) is 1.84. The first-order valence-corrected chi connectivity index (χ1v) is 9.89. The van der Waals surface area contributed by atoms with Crippen LogP contribution in [0.4, 0.5) is 0 Å². The number of nitrogens with zero attached hydrogens (tertiary/aromatic N) is 4. The summed E-state index contributed by atoms with van der Waals surface area (Å²) in [6.07, 6.45) is 3.09. The molecule has 1 amide bonds. The molecule has 8 nitrogen and oxygen atoms in total. The molecule has 1 aliphatic rings. The van der Waals surface area contributed by atoms with E-state index in [1.54, 1.807) is 18.0 Å². The van der Waals surface area contributed by atoms with Crippen LogP contribution in [-0.4, -0.2) is 50.8 Å². The predicted octanol–water partition coefficient (Wildman–Crippen LogP) is 1.69. The third-order valence-electron chi connectivity index (χ3n) is 5.59. The van der Waals surface area contributed by atoms with Gasteiger partial charge in [-0.05, 0) is 25.8 Å². The second-order valence-corrected chi connectivity index (χ2v) is 7.38. The summed E-state index contributed by atoms with van der Waals surface area (Å²) in [6, 6.07) is 7.76. The van der Waals surface area contributed by atoms with Gasteiger partial charge in [-0.2, -0.15) is 5.10 Å². The number of hydrogen-bond acceptors (Lipinski definition) is 5. The highest BCUT2D eigenvalue weighted by atomic mass is 16.5. The van der Waals surface area contributed by atoms with Crippen LogP contribution in [-0.2, 0) is 27.9 Å². The Morgan fingerprint density at radius 3 is 2.83 bits per heavy atom. The van der Waals surface area contributed by atoms with Crippen molar-refractivity contribution in [3.05, 3.63) is 40.8 Å². The van der Waals surface area contributed by atoms with Crippen molar-refractivity contribution in [2.75, 3.05) is 19.7 Å². The maximum Gasteiger partial charge on any atom is 0.310 e. The number of piperidine rings is 1. The number of hydrogen-bond donors (Lipinski definition) is 0. The first kappa shape index (κ1) is 19.2. The Bertz CT molecular complexity index is 1150. The maximum absolute atomic E-state index is 13.0. The minimum Gasteiger partial charge on any atom is -0.466 e. The van der Waals surface area contributed by atoms with E-state index in [4.69, 9.17) is 4.74 Å². The lowest BCUT2D eigenvalue weighted by Gasteiger charge is -2.31. The zero-order valence-electron chi connectivity index (χ0n) is 16.6. The zero-order valence-corrected chi connectivity index (χ0v) is 16.6. The highest BCUT2D eigenvalue weighted by molar-refractivity contribution is 6.07. The number of ether oxygens (including phenoxy) is 1. The number of likely N-dealkylation sites (tertiary alicyclic amines) is 1. The number of rotatable bonds is 4. The van der Waals surface area contributed by atoms with Crippen LogP contribution in [0.15, 0.2) is 35.3 Å². The van der Waals surface area contributed by atoms with Crippen molar-refractivity contribution in [2.45, 2.75) is 26.3 Å². The lowest BCUT2D eigenvalue weighted by molar-refractivity contribution is -0.151. The van der Waals surface area contributed by atoms with E-state index < -0.39 is 0 Å². The SMILES string of the molecule is CCOC(=O)[C@H]1CCCN(C(=O)Cn2ncc3c4ccccc4n(C)c3c2=O)C1. The third kappa shape index (κ3) is 3.39. The van der Waals surface area contributed by atoms with Crippen LogP contribution < -0.4 is 5.56 Å². The number of para-hydroxylation sites is 1. The van der Waals surface area contributed by atoms with Crippen LogP contribution in [0.5, 0.6) is 0 Å². The largest absolute Gasteiger partial charge is 0.466 e. The Labute approximate surface area is 167 Å². The molecular formula is C21H24N4O4. The smallest absolute Gasteiger partial charge is 0.310 e. The van der Waals surface area contributed by atoms with E-state index in [1.807, 2.05) is 35.9 Å². The van der Waals surface area contributed by atoms with Gasteiger partial charge in [-0.3, -0.25) is 14.4 Å². The van der Waals surface area contributed by atoms with E-state index in [0.717, 1.165) is 22.7 Å². The fourth-order valence-corrected chi connectivity index (χ4v) is 4.11. The fourth-order valence-electron chi connectivity index (χ4n) is 4.11. The molecular weight excluding hydrogens is 372 g/mol. The van der Waals surface area contributed by atoms with E-state index >= 15 is 0 Å². The Morgan fingerprint density at radius 2 is 2.03 bits per heavy atom. The van der Waals surface area contributed by atoms with Crippen molar-refractivity contribution in [3.63, 3.8) is 0 Å². The number of aromatic nitrogens is 3. The summed E-state index contributed by atoms with van der Waals surface area (Å²) in [5, 5.41) is 5.97. The Morgan fingerprint density at radius 1 is 1.24 bits per heavy atom. The van der Waals surface area contributed by atoms with Crippen molar-refractivity contribution < 1.29 is 14.3 Å². The highest BCUT2D eigenvalue weighted by Crippen LogP contribution is 2.25. The van der Waals surface area contributed by atoms with Gasteiger partial charge < -0.3 is 14.2 Å². The van der Waals surface area contributed by atoms with Gasteiger partial charge in [0.15, 0.2) is 0 Å². The standard InChI is InChI=1S/C21H24N4O4/c1-3-29-21(28)14-7-6-10-24(12-14)18(26)13-25-20(27)19-16(11-22-25)15-8-4-5-9-17(15)23(19)2/h4-5,8-9,11,14H,3,6-7,10,12-13H2,1-2H3/t14-/m0/s1. The van der Waals surface area contributed by atoms with Crippen molar-refractivity contribution in [2.24, 2.45) is 13.0 Å². The van der Waals surface area contributed by atoms with Crippen molar-refractivity contribution in [1.29, 1.82) is 0 Å². The lowest BCUT2D eigenvalue weighted by Crippen LogP contribution is -2.45. The van der Waals surface area contributed by atoms with Gasteiger partial charge >= 0.3 is 5.97 Å². The van der Waals surface area contributed by atoms with Crippen molar-refractivity contribution >= 4 is 33.7 Å². The quantitative estimate of drug-likeness (QED) is 0.627. The first-order valence-electron chi connectivity index (χ1n) is 9.89. The molecule has 1 fully saturated rings. The molecule has 1 atom stereocenters. The molecule has 0 radical (unpaired) electrons. The van der Waals surface area contributed by atoms with E-state index in [1.165, 1.54) is 4.68 Å². The van der Waals surface area contributed by atoms with Crippen LogP contribution >= 0.6 is 0 Å². The molecule has 1 saturated heterocycles. The van der Waals surface area contributed by atoms with Gasteiger partial charge in [0.2, 0.25) is 5.91 Å². The number of benzene rings is 1. The molecule has 3 aromatic rings. The van der Waals surface area contributed by atoms with Crippen LogP contribution in [0.3, 0.4) is 0 Å². The number of aryl methyl sites for hydroxylation is 1. The highest BCUT2D eigenvalue weighted by Gasteiger charge is 2.29. The van der Waals surface area contributed by atoms with Gasteiger partial charge in [0.05, 0.1) is 18.7 Å². The summed E-state index contributed by atoms with van der Waals surface area (Å²) in [5.74, 6) is -0.790. The molecule has 29 heavy (non-hydrogen) atoms. The summed E-state index contributed by atoms with van der Waals surface area (Å²) < 4.78 is 8.14. The van der Waals surface area contributed by atoms with Gasteiger partial charge in [0.1, 0.15) is 12.1 Å². The lowest BCUT2D eigenvalue weighted by atomic mass is 9.98. The number of carbonyl (C=O) groups excluding carboxylic acids is 2. The molecule has 0 unspecified atom stereocenters. The molecule has 0 aliphatic carbocycles. The molecule has 0 saturated carbocycles. The van der Waals surface area contributed by atoms with Gasteiger partial charge in [0, 0.05) is 36.4 Å². The molecule has 4 rings (SSSR count). The summed E-state index contributed by atoms with van der Waals surface area (Å²) in [4.78, 5) is 39.5. The zero-order chi connectivity index (χ0) is 20.5. The van der Waals surface area contributed by atoms with E-state index in [0.29, 0.717) is 31.6 Å². The summed E-state index contributed by atoms with van der Waals surface area (Å²) in [6.45, 7) is 2.84. The number of carbonyl (C=O) groups is 2. The van der Waals surface area contributed by atoms with Gasteiger partial charge in [0.25, 0.3) is 5.56 Å². The number of fused-ring (bicyclic) bond motifs is 3. The molecule has 1 aromatic carbocycles. The van der Waals surface area contributed by atoms with Crippen LogP contribution in [0, 0.1) is 5.92 Å². The second-order valence-electron chi connectivity index (χ2n) is 7.38. The first-order chi connectivity index (χ1) is 14.0. The normalized spacial score (nSPS) is 17.0. The average Bonchev–Trinajstić information content (AvgIpc) is 3.03. The van der Waals surface area contributed by atoms with Gasteiger partial charge in [-0.25, -0.2) is 4.68 Å². The Balaban J connectivity index is 1.59. The summed E-state index contributed by atoms with van der Waals surface area (Å²) >= 11 is 0. The molecule has 1 aliphatic heterocycles. The summed E-state index contributed by atoms with van der Waals surface area (Å²) in [5.41, 5.74) is 1.17. The van der Waals surface area contributed by atoms with E-state index in [-0.39, 0.29) is 29.9 Å². The minimum absolute atomic E-state index is 0.147. The molecule has 0 bridgehead atoms. The van der Waals surface area contributed by atoms with Crippen LogP contribution in [0.1, 0.15) is 19.8 Å². The minimum atomic E-state index is -0.307. The average molecular weight is 396 g/mol. The molecule has 3 heterocycles. The monoisotopic (exact) mass is 396 g/mol. The second kappa shape index (κ2) is 7.69.